The molecule has 0 spiro atoms. The summed E-state index contributed by atoms with van der Waals surface area (Å²) < 4.78 is 29.0. The van der Waals surface area contributed by atoms with Gasteiger partial charge in [0.2, 0.25) is 0 Å². The Balaban J connectivity index is 0.773. The van der Waals surface area contributed by atoms with Crippen LogP contribution in [0, 0.1) is 51.8 Å². The van der Waals surface area contributed by atoms with E-state index in [0.717, 1.165) is 117 Å². The first-order valence-electron chi connectivity index (χ1n) is 25.1. The van der Waals surface area contributed by atoms with Gasteiger partial charge in [0.15, 0.2) is 0 Å². The largest absolute Gasteiger partial charge is 0.494 e. The molecule has 4 fully saturated rings. The highest BCUT2D eigenvalue weighted by molar-refractivity contribution is 5.91. The Bertz CT molecular complexity index is 2040. The predicted octanol–water partition coefficient (Wildman–Crippen LogP) is 13.7. The molecule has 0 bridgehead atoms. The average Bonchev–Trinajstić information content (AvgIpc) is 3.64. The molecule has 0 aromatic heterocycles. The van der Waals surface area contributed by atoms with Crippen LogP contribution in [0.25, 0.3) is 11.1 Å². The number of benzene rings is 3. The van der Waals surface area contributed by atoms with Crippen LogP contribution in [0.1, 0.15) is 152 Å². The number of hydrogen-bond donors (Lipinski definition) is 0. The lowest BCUT2D eigenvalue weighted by Gasteiger charge is -2.58. The molecule has 5 aliphatic rings. The van der Waals surface area contributed by atoms with Crippen LogP contribution >= 0.6 is 0 Å². The van der Waals surface area contributed by atoms with Gasteiger partial charge in [0, 0.05) is 18.4 Å². The maximum atomic E-state index is 13.5. The average molecular weight is 873 g/mol. The van der Waals surface area contributed by atoms with Crippen molar-refractivity contribution >= 4 is 11.9 Å². The highest BCUT2D eigenvalue weighted by atomic mass is 16.5. The minimum atomic E-state index is -0.427. The van der Waals surface area contributed by atoms with E-state index in [1.165, 1.54) is 51.4 Å². The van der Waals surface area contributed by atoms with Gasteiger partial charge in [-0.25, -0.2) is 9.59 Å². The van der Waals surface area contributed by atoms with Crippen LogP contribution in [0.3, 0.4) is 0 Å². The first-order valence-corrected chi connectivity index (χ1v) is 25.1. The van der Waals surface area contributed by atoms with E-state index in [0.29, 0.717) is 28.9 Å². The fourth-order valence-electron chi connectivity index (χ4n) is 12.9. The lowest BCUT2D eigenvalue weighted by molar-refractivity contribution is -0.150. The summed E-state index contributed by atoms with van der Waals surface area (Å²) in [5, 5.41) is 0. The molecule has 8 rings (SSSR count). The van der Waals surface area contributed by atoms with Crippen LogP contribution in [-0.4, -0.2) is 51.1 Å². The van der Waals surface area contributed by atoms with Gasteiger partial charge in [0.1, 0.15) is 17.6 Å². The van der Waals surface area contributed by atoms with Crippen molar-refractivity contribution in [2.45, 2.75) is 138 Å². The number of allylic oxidation sites excluding steroid dienone is 1. The second-order valence-corrected chi connectivity index (χ2v) is 21.5. The molecule has 0 radical (unpaired) electrons. The molecular formula is C57H76O7. The fourth-order valence-corrected chi connectivity index (χ4v) is 12.9. The van der Waals surface area contributed by atoms with E-state index in [1.54, 1.807) is 42.0 Å². The molecule has 4 aliphatic carbocycles. The van der Waals surface area contributed by atoms with Crippen molar-refractivity contribution in [1.29, 1.82) is 0 Å². The molecule has 64 heavy (non-hydrogen) atoms. The van der Waals surface area contributed by atoms with Gasteiger partial charge in [0.25, 0.3) is 0 Å². The van der Waals surface area contributed by atoms with E-state index in [4.69, 9.17) is 23.7 Å². The molecule has 8 atom stereocenters. The number of ether oxygens (including phenoxy) is 5. The van der Waals surface area contributed by atoms with E-state index in [9.17, 15) is 9.59 Å². The second-order valence-electron chi connectivity index (χ2n) is 21.5. The summed E-state index contributed by atoms with van der Waals surface area (Å²) in [5.74, 6) is 5.42. The number of hydrogen-bond acceptors (Lipinski definition) is 7. The molecule has 1 heterocycles. The Morgan fingerprint density at radius 3 is 2.09 bits per heavy atom. The normalized spacial score (nSPS) is 28.5. The predicted molar refractivity (Wildman–Crippen MR) is 255 cm³/mol. The monoisotopic (exact) mass is 873 g/mol. The molecule has 7 nitrogen and oxygen atoms in total. The van der Waals surface area contributed by atoms with Crippen LogP contribution in [0.4, 0.5) is 0 Å². The standard InChI is InChI=1S/C57H76O7/c1-7-57(37-61-38-57)36-60-33-8-9-34-62-46-22-19-44(20-23-46)53(58)63-47-24-17-42(18-25-47)41-13-15-43(16-14-41)54(59)64-48-29-31-55(5)45(35-48)21-26-49-51-28-27-50(40(4)12-10-11-39(2)3)56(51,6)32-30-52(49)55/h13-25,39-40,48-52H,7-12,26-38H2,1-6H3. The van der Waals surface area contributed by atoms with Crippen LogP contribution in [0.15, 0.2) is 84.4 Å². The molecule has 3 aromatic carbocycles. The van der Waals surface area contributed by atoms with Crippen molar-refractivity contribution in [3.8, 4) is 22.6 Å². The third-order valence-electron chi connectivity index (χ3n) is 17.1. The smallest absolute Gasteiger partial charge is 0.343 e. The topological polar surface area (TPSA) is 80.3 Å². The zero-order chi connectivity index (χ0) is 44.9. The summed E-state index contributed by atoms with van der Waals surface area (Å²) in [7, 11) is 0. The van der Waals surface area contributed by atoms with Gasteiger partial charge in [-0.1, -0.05) is 96.7 Å². The minimum Gasteiger partial charge on any atom is -0.494 e. The first-order chi connectivity index (χ1) is 30.9. The van der Waals surface area contributed by atoms with Crippen LogP contribution in [0.2, 0.25) is 0 Å². The number of rotatable bonds is 19. The molecule has 0 N–H and O–H groups in total. The van der Waals surface area contributed by atoms with E-state index in [1.807, 2.05) is 36.4 Å². The van der Waals surface area contributed by atoms with Gasteiger partial charge in [-0.05, 0) is 170 Å². The Hall–Kier alpha value is -3.94. The molecular weight excluding hydrogens is 797 g/mol. The maximum absolute atomic E-state index is 13.5. The zero-order valence-corrected chi connectivity index (χ0v) is 39.8. The molecule has 346 valence electrons. The summed E-state index contributed by atoms with van der Waals surface area (Å²) in [6, 6.07) is 22.1. The number of carbonyl (C=O) groups is 2. The van der Waals surface area contributed by atoms with E-state index in [2.05, 4.69) is 47.6 Å². The van der Waals surface area contributed by atoms with Gasteiger partial charge >= 0.3 is 11.9 Å². The highest BCUT2D eigenvalue weighted by Gasteiger charge is 2.59. The Morgan fingerprint density at radius 1 is 0.734 bits per heavy atom. The van der Waals surface area contributed by atoms with E-state index in [-0.39, 0.29) is 22.9 Å². The maximum Gasteiger partial charge on any atom is 0.343 e. The third kappa shape index (κ3) is 10.2. The van der Waals surface area contributed by atoms with E-state index < -0.39 is 5.97 Å². The van der Waals surface area contributed by atoms with Crippen molar-refractivity contribution in [3.63, 3.8) is 0 Å². The molecule has 3 saturated carbocycles. The van der Waals surface area contributed by atoms with Gasteiger partial charge in [0.05, 0.1) is 37.6 Å². The number of carbonyl (C=O) groups excluding carboxylic acids is 2. The highest BCUT2D eigenvalue weighted by Crippen LogP contribution is 2.67. The third-order valence-corrected chi connectivity index (χ3v) is 17.1. The Kier molecular flexibility index (Phi) is 14.8. The van der Waals surface area contributed by atoms with Crippen LogP contribution in [-0.2, 0) is 14.2 Å². The van der Waals surface area contributed by atoms with Crippen molar-refractivity contribution in [2.75, 3.05) is 33.0 Å². The minimum absolute atomic E-state index is 0.0756. The lowest BCUT2D eigenvalue weighted by Crippen LogP contribution is -2.51. The molecule has 0 amide bonds. The van der Waals surface area contributed by atoms with Gasteiger partial charge in [-0.3, -0.25) is 0 Å². The molecule has 1 saturated heterocycles. The molecule has 3 aromatic rings. The number of unbranched alkanes of at least 4 members (excludes halogenated alkanes) is 1. The van der Waals surface area contributed by atoms with Gasteiger partial charge in [-0.2, -0.15) is 0 Å². The van der Waals surface area contributed by atoms with Crippen molar-refractivity contribution < 1.29 is 33.3 Å². The summed E-state index contributed by atoms with van der Waals surface area (Å²) in [6.07, 6.45) is 19.2. The van der Waals surface area contributed by atoms with Crippen molar-refractivity contribution in [2.24, 2.45) is 51.8 Å². The number of fused-ring (bicyclic) bond motifs is 5. The van der Waals surface area contributed by atoms with Gasteiger partial charge in [-0.15, -0.1) is 0 Å². The SMILES string of the molecule is CCC1(COCCCCOc2ccc(C(=O)Oc3ccc(-c4ccc(C(=O)OC5CCC6(C)C(=CCC7C6CCC6(C)C(C(C)CCCC(C)C)CCC76)C5)cc4)cc3)cc2)COC1. The lowest BCUT2D eigenvalue weighted by atomic mass is 9.47. The Morgan fingerprint density at radius 2 is 1.41 bits per heavy atom. The zero-order valence-electron chi connectivity index (χ0n) is 39.8. The van der Waals surface area contributed by atoms with Crippen LogP contribution < -0.4 is 9.47 Å². The first kappa shape index (κ1) is 46.6. The summed E-state index contributed by atoms with van der Waals surface area (Å²) in [5.41, 5.74) is 5.45. The summed E-state index contributed by atoms with van der Waals surface area (Å²) in [4.78, 5) is 26.4. The van der Waals surface area contributed by atoms with Gasteiger partial charge < -0.3 is 23.7 Å². The Labute approximate surface area is 384 Å². The molecule has 8 unspecified atom stereocenters. The summed E-state index contributed by atoms with van der Waals surface area (Å²) in [6.45, 7) is 18.4. The molecule has 1 aliphatic heterocycles. The second kappa shape index (κ2) is 20.3. The van der Waals surface area contributed by atoms with Crippen molar-refractivity contribution in [1.82, 2.24) is 0 Å². The van der Waals surface area contributed by atoms with Crippen LogP contribution in [0.5, 0.6) is 11.5 Å². The fraction of sp³-hybridized carbons (Fsp3) is 0.614. The molecule has 7 heteroatoms. The van der Waals surface area contributed by atoms with Crippen molar-refractivity contribution in [3.05, 3.63) is 95.6 Å². The quantitative estimate of drug-likeness (QED) is 0.0514. The summed E-state index contributed by atoms with van der Waals surface area (Å²) >= 11 is 0. The number of esters is 2. The van der Waals surface area contributed by atoms with E-state index >= 15 is 0 Å².